The summed E-state index contributed by atoms with van der Waals surface area (Å²) in [7, 11) is 0. The van der Waals surface area contributed by atoms with E-state index >= 15 is 0 Å². The van der Waals surface area contributed by atoms with E-state index in [1.807, 2.05) is 13.1 Å². The molecule has 1 fully saturated rings. The summed E-state index contributed by atoms with van der Waals surface area (Å²) in [6.07, 6.45) is 2.99. The van der Waals surface area contributed by atoms with E-state index in [0.29, 0.717) is 5.25 Å². The molecule has 1 aliphatic rings. The normalized spacial score (nSPS) is 28.2. The summed E-state index contributed by atoms with van der Waals surface area (Å²) in [6, 6.07) is 0. The van der Waals surface area contributed by atoms with Gasteiger partial charge in [-0.15, -0.1) is 0 Å². The number of thiol groups is 1. The van der Waals surface area contributed by atoms with E-state index in [0.717, 1.165) is 13.1 Å². The van der Waals surface area contributed by atoms with Crippen molar-refractivity contribution >= 4 is 18.8 Å². The van der Waals surface area contributed by atoms with Crippen LogP contribution in [0.4, 0.5) is 0 Å². The molecule has 0 radical (unpaired) electrons. The van der Waals surface area contributed by atoms with E-state index in [1.54, 1.807) is 0 Å². The van der Waals surface area contributed by atoms with E-state index in [-0.39, 0.29) is 0 Å². The summed E-state index contributed by atoms with van der Waals surface area (Å²) in [5.74, 6) is 0. The molecule has 0 aromatic carbocycles. The van der Waals surface area contributed by atoms with Crippen LogP contribution >= 0.6 is 12.6 Å². The smallest absolute Gasteiger partial charge is 0.0477 e. The minimum atomic E-state index is 0.536. The van der Waals surface area contributed by atoms with Crippen molar-refractivity contribution in [1.29, 1.82) is 0 Å². The Kier molecular flexibility index (Phi) is 2.39. The molecule has 0 bridgehead atoms. The molecule has 1 aliphatic heterocycles. The lowest BCUT2D eigenvalue weighted by atomic mass is 10.4. The molecule has 0 N–H and O–H groups in total. The molecule has 1 rings (SSSR count). The molecule has 3 heteroatoms. The van der Waals surface area contributed by atoms with Crippen molar-refractivity contribution in [2.75, 3.05) is 13.1 Å². The Labute approximate surface area is 61.3 Å². The quantitative estimate of drug-likeness (QED) is 0.428. The number of hydrogen-bond donors (Lipinski definition) is 1. The van der Waals surface area contributed by atoms with Crippen molar-refractivity contribution in [2.24, 2.45) is 5.10 Å². The maximum Gasteiger partial charge on any atom is 0.0477 e. The van der Waals surface area contributed by atoms with Crippen LogP contribution in [-0.4, -0.2) is 29.6 Å². The third-order valence-corrected chi connectivity index (χ3v) is 1.84. The van der Waals surface area contributed by atoms with E-state index in [2.05, 4.69) is 22.7 Å². The van der Waals surface area contributed by atoms with Crippen molar-refractivity contribution in [3.63, 3.8) is 0 Å². The Morgan fingerprint density at radius 2 is 2.56 bits per heavy atom. The molecule has 2 nitrogen and oxygen atoms in total. The molecule has 52 valence electrons. The Morgan fingerprint density at radius 1 is 1.78 bits per heavy atom. The first kappa shape index (κ1) is 6.93. The van der Waals surface area contributed by atoms with Gasteiger partial charge in [-0.25, -0.2) is 0 Å². The number of rotatable bonds is 1. The fourth-order valence-corrected chi connectivity index (χ4v) is 1.30. The van der Waals surface area contributed by atoms with Crippen LogP contribution in [0.3, 0.4) is 0 Å². The minimum Gasteiger partial charge on any atom is -0.296 e. The van der Waals surface area contributed by atoms with E-state index in [1.165, 1.54) is 6.42 Å². The lowest BCUT2D eigenvalue weighted by Crippen LogP contribution is -2.13. The molecule has 1 unspecified atom stereocenters. The zero-order valence-electron chi connectivity index (χ0n) is 5.62. The molecule has 1 heterocycles. The second kappa shape index (κ2) is 3.11. The number of hydrazone groups is 1. The first-order chi connectivity index (χ1) is 4.33. The molecule has 1 atom stereocenters. The summed E-state index contributed by atoms with van der Waals surface area (Å²) in [6.45, 7) is 4.01. The van der Waals surface area contributed by atoms with E-state index < -0.39 is 0 Å². The molecule has 0 aromatic heterocycles. The van der Waals surface area contributed by atoms with Crippen molar-refractivity contribution in [3.8, 4) is 0 Å². The Morgan fingerprint density at radius 3 is 3.00 bits per heavy atom. The standard InChI is InChI=1S/C6H12N2S/c1-2-7-8-4-3-6(9)5-8/h2,6,9H,3-5H2,1H3/b7-2+. The highest BCUT2D eigenvalue weighted by Gasteiger charge is 2.16. The van der Waals surface area contributed by atoms with Gasteiger partial charge in [0.1, 0.15) is 0 Å². The number of hydrogen-bond acceptors (Lipinski definition) is 3. The van der Waals surface area contributed by atoms with Gasteiger partial charge in [0, 0.05) is 24.6 Å². The van der Waals surface area contributed by atoms with Gasteiger partial charge in [-0.2, -0.15) is 17.7 Å². The van der Waals surface area contributed by atoms with Crippen molar-refractivity contribution in [1.82, 2.24) is 5.01 Å². The van der Waals surface area contributed by atoms with Gasteiger partial charge < -0.3 is 0 Å². The molecule has 9 heavy (non-hydrogen) atoms. The number of nitrogens with zero attached hydrogens (tertiary/aromatic N) is 2. The van der Waals surface area contributed by atoms with Crippen LogP contribution in [0.2, 0.25) is 0 Å². The second-order valence-corrected chi connectivity index (χ2v) is 2.96. The van der Waals surface area contributed by atoms with Crippen LogP contribution in [-0.2, 0) is 0 Å². The van der Waals surface area contributed by atoms with Gasteiger partial charge in [-0.3, -0.25) is 5.01 Å². The molecular formula is C6H12N2S. The summed E-state index contributed by atoms with van der Waals surface area (Å²) in [4.78, 5) is 0. The van der Waals surface area contributed by atoms with Crippen LogP contribution in [0.5, 0.6) is 0 Å². The molecule has 0 aliphatic carbocycles. The highest BCUT2D eigenvalue weighted by Crippen LogP contribution is 2.13. The largest absolute Gasteiger partial charge is 0.296 e. The Hall–Kier alpha value is -0.180. The maximum atomic E-state index is 4.33. The lowest BCUT2D eigenvalue weighted by molar-refractivity contribution is 0.363. The van der Waals surface area contributed by atoms with Gasteiger partial charge in [0.2, 0.25) is 0 Å². The minimum absolute atomic E-state index is 0.536. The molecule has 0 amide bonds. The topological polar surface area (TPSA) is 15.6 Å². The van der Waals surface area contributed by atoms with Crippen LogP contribution < -0.4 is 0 Å². The summed E-state index contributed by atoms with van der Waals surface area (Å²) >= 11 is 4.33. The molecule has 0 spiro atoms. The molecule has 1 saturated heterocycles. The van der Waals surface area contributed by atoms with Crippen LogP contribution in [0.15, 0.2) is 5.10 Å². The monoisotopic (exact) mass is 144 g/mol. The average Bonchev–Trinajstić information content (AvgIpc) is 2.17. The van der Waals surface area contributed by atoms with Gasteiger partial charge in [-0.05, 0) is 13.3 Å². The van der Waals surface area contributed by atoms with E-state index in [4.69, 9.17) is 0 Å². The molecular weight excluding hydrogens is 132 g/mol. The summed E-state index contributed by atoms with van der Waals surface area (Å²) in [5.41, 5.74) is 0. The van der Waals surface area contributed by atoms with Crippen molar-refractivity contribution < 1.29 is 0 Å². The predicted octanol–water partition coefficient (Wildman–Crippen LogP) is 0.996. The lowest BCUT2D eigenvalue weighted by Gasteiger charge is -2.08. The highest BCUT2D eigenvalue weighted by molar-refractivity contribution is 7.81. The summed E-state index contributed by atoms with van der Waals surface area (Å²) in [5, 5.41) is 6.72. The third kappa shape index (κ3) is 1.90. The average molecular weight is 144 g/mol. The summed E-state index contributed by atoms with van der Waals surface area (Å²) < 4.78 is 0. The van der Waals surface area contributed by atoms with Gasteiger partial charge in [0.25, 0.3) is 0 Å². The zero-order valence-corrected chi connectivity index (χ0v) is 6.51. The maximum absolute atomic E-state index is 4.33. The Balaban J connectivity index is 2.30. The van der Waals surface area contributed by atoms with Crippen LogP contribution in [0.1, 0.15) is 13.3 Å². The molecule has 0 saturated carbocycles. The van der Waals surface area contributed by atoms with Gasteiger partial charge in [-0.1, -0.05) is 0 Å². The van der Waals surface area contributed by atoms with Gasteiger partial charge in [0.15, 0.2) is 0 Å². The van der Waals surface area contributed by atoms with Crippen LogP contribution in [0, 0.1) is 0 Å². The van der Waals surface area contributed by atoms with Crippen LogP contribution in [0.25, 0.3) is 0 Å². The first-order valence-corrected chi connectivity index (χ1v) is 3.76. The predicted molar refractivity (Wildman–Crippen MR) is 43.1 cm³/mol. The highest BCUT2D eigenvalue weighted by atomic mass is 32.1. The fourth-order valence-electron chi connectivity index (χ4n) is 0.992. The zero-order chi connectivity index (χ0) is 6.69. The van der Waals surface area contributed by atoms with E-state index in [9.17, 15) is 0 Å². The van der Waals surface area contributed by atoms with Crippen molar-refractivity contribution in [2.45, 2.75) is 18.6 Å². The Bertz CT molecular complexity index is 114. The van der Waals surface area contributed by atoms with Gasteiger partial charge in [0.05, 0.1) is 0 Å². The second-order valence-electron chi connectivity index (χ2n) is 2.23. The fraction of sp³-hybridized carbons (Fsp3) is 0.833. The first-order valence-electron chi connectivity index (χ1n) is 3.24. The SMILES string of the molecule is C/C=N/N1CCC(S)C1. The molecule has 0 aromatic rings. The van der Waals surface area contributed by atoms with Gasteiger partial charge >= 0.3 is 0 Å². The third-order valence-electron chi connectivity index (χ3n) is 1.42. The van der Waals surface area contributed by atoms with Crippen molar-refractivity contribution in [3.05, 3.63) is 0 Å².